The second-order valence-electron chi connectivity index (χ2n) is 4.58. The molecule has 0 aromatic heterocycles. The molecule has 1 aromatic carbocycles. The molecule has 0 bridgehead atoms. The van der Waals surface area contributed by atoms with Crippen molar-refractivity contribution in [3.8, 4) is 6.07 Å². The molecule has 1 aliphatic heterocycles. The summed E-state index contributed by atoms with van der Waals surface area (Å²) in [5.41, 5.74) is 1.10. The summed E-state index contributed by atoms with van der Waals surface area (Å²) in [7, 11) is 0. The van der Waals surface area contributed by atoms with Crippen molar-refractivity contribution < 1.29 is 9.13 Å². The van der Waals surface area contributed by atoms with Crippen molar-refractivity contribution >= 4 is 0 Å². The second kappa shape index (κ2) is 6.48. The third-order valence-electron chi connectivity index (χ3n) is 3.18. The molecule has 1 N–H and O–H groups in total. The molecular formula is C14H17FN2O. The van der Waals surface area contributed by atoms with Crippen molar-refractivity contribution in [2.45, 2.75) is 31.9 Å². The van der Waals surface area contributed by atoms with Gasteiger partial charge in [-0.05, 0) is 43.1 Å². The lowest BCUT2D eigenvalue weighted by Gasteiger charge is -2.23. The molecule has 0 amide bonds. The zero-order valence-corrected chi connectivity index (χ0v) is 10.3. The maximum Gasteiger partial charge on any atom is 0.123 e. The van der Waals surface area contributed by atoms with Crippen LogP contribution < -0.4 is 5.32 Å². The maximum atomic E-state index is 13.1. The van der Waals surface area contributed by atoms with Crippen LogP contribution in [0.3, 0.4) is 0 Å². The number of hydrogen-bond acceptors (Lipinski definition) is 3. The molecule has 0 spiro atoms. The Morgan fingerprint density at radius 3 is 3.06 bits per heavy atom. The Balaban J connectivity index is 1.86. The molecule has 1 fully saturated rings. The van der Waals surface area contributed by atoms with E-state index in [0.29, 0.717) is 30.4 Å². The number of nitriles is 1. The minimum absolute atomic E-state index is 0.291. The van der Waals surface area contributed by atoms with Gasteiger partial charge in [0.15, 0.2) is 0 Å². The van der Waals surface area contributed by atoms with Gasteiger partial charge in [-0.15, -0.1) is 0 Å². The monoisotopic (exact) mass is 248 g/mol. The summed E-state index contributed by atoms with van der Waals surface area (Å²) in [5.74, 6) is -0.330. The van der Waals surface area contributed by atoms with Crippen LogP contribution in [0, 0.1) is 17.1 Å². The van der Waals surface area contributed by atoms with Crippen LogP contribution in [0.15, 0.2) is 18.2 Å². The molecular weight excluding hydrogens is 231 g/mol. The number of benzene rings is 1. The van der Waals surface area contributed by atoms with E-state index in [1.165, 1.54) is 31.0 Å². The molecule has 1 heterocycles. The number of hydrogen-bond donors (Lipinski definition) is 1. The predicted octanol–water partition coefficient (Wildman–Crippen LogP) is 2.36. The average molecular weight is 248 g/mol. The van der Waals surface area contributed by atoms with Gasteiger partial charge in [0.05, 0.1) is 24.8 Å². The molecule has 2 rings (SSSR count). The van der Waals surface area contributed by atoms with Crippen LogP contribution in [0.4, 0.5) is 4.39 Å². The van der Waals surface area contributed by atoms with E-state index < -0.39 is 0 Å². The van der Waals surface area contributed by atoms with Crippen molar-refractivity contribution in [1.82, 2.24) is 5.32 Å². The van der Waals surface area contributed by atoms with Crippen LogP contribution in [0.25, 0.3) is 0 Å². The van der Waals surface area contributed by atoms with E-state index >= 15 is 0 Å². The standard InChI is InChI=1S/C14H17FN2O/c15-13-5-4-11(8-16)12(7-13)9-18-10-14-3-1-2-6-17-14/h4-5,7,14,17H,1-3,6,9-10H2. The van der Waals surface area contributed by atoms with Gasteiger partial charge in [0.25, 0.3) is 0 Å². The van der Waals surface area contributed by atoms with Crippen LogP contribution in [-0.2, 0) is 11.3 Å². The lowest BCUT2D eigenvalue weighted by Crippen LogP contribution is -2.37. The number of nitrogens with one attached hydrogen (secondary N) is 1. The highest BCUT2D eigenvalue weighted by atomic mass is 19.1. The summed E-state index contributed by atoms with van der Waals surface area (Å²) in [6.07, 6.45) is 3.57. The Hall–Kier alpha value is -1.44. The first kappa shape index (κ1) is 13.0. The van der Waals surface area contributed by atoms with Gasteiger partial charge in [0.2, 0.25) is 0 Å². The van der Waals surface area contributed by atoms with E-state index in [1.54, 1.807) is 0 Å². The van der Waals surface area contributed by atoms with Gasteiger partial charge in [-0.3, -0.25) is 0 Å². The van der Waals surface area contributed by atoms with Gasteiger partial charge in [-0.25, -0.2) is 4.39 Å². The molecule has 1 aliphatic rings. The zero-order chi connectivity index (χ0) is 12.8. The third-order valence-corrected chi connectivity index (χ3v) is 3.18. The highest BCUT2D eigenvalue weighted by Crippen LogP contribution is 2.13. The topological polar surface area (TPSA) is 45.0 Å². The molecule has 18 heavy (non-hydrogen) atoms. The lowest BCUT2D eigenvalue weighted by atomic mass is 10.1. The molecule has 0 saturated carbocycles. The largest absolute Gasteiger partial charge is 0.375 e. The summed E-state index contributed by atoms with van der Waals surface area (Å²) >= 11 is 0. The molecule has 1 saturated heterocycles. The summed E-state index contributed by atoms with van der Waals surface area (Å²) in [6, 6.07) is 6.59. The van der Waals surface area contributed by atoms with Gasteiger partial charge in [-0.2, -0.15) is 5.26 Å². The smallest absolute Gasteiger partial charge is 0.123 e. The maximum absolute atomic E-state index is 13.1. The van der Waals surface area contributed by atoms with Crippen molar-refractivity contribution in [2.24, 2.45) is 0 Å². The van der Waals surface area contributed by atoms with Crippen molar-refractivity contribution in [3.05, 3.63) is 35.1 Å². The fourth-order valence-electron chi connectivity index (χ4n) is 2.17. The van der Waals surface area contributed by atoms with Crippen LogP contribution >= 0.6 is 0 Å². The predicted molar refractivity (Wildman–Crippen MR) is 66.4 cm³/mol. The normalized spacial score (nSPS) is 19.4. The van der Waals surface area contributed by atoms with Crippen molar-refractivity contribution in [2.75, 3.05) is 13.2 Å². The van der Waals surface area contributed by atoms with Gasteiger partial charge in [0.1, 0.15) is 5.82 Å². The number of rotatable bonds is 4. The first-order chi connectivity index (χ1) is 8.79. The summed E-state index contributed by atoms with van der Waals surface area (Å²) in [6.45, 7) is 1.94. The summed E-state index contributed by atoms with van der Waals surface area (Å²) in [5, 5.41) is 12.3. The SMILES string of the molecule is N#Cc1ccc(F)cc1COCC1CCCCN1. The number of halogens is 1. The fraction of sp³-hybridized carbons (Fsp3) is 0.500. The first-order valence-electron chi connectivity index (χ1n) is 6.29. The van der Waals surface area contributed by atoms with E-state index in [-0.39, 0.29) is 5.82 Å². The first-order valence-corrected chi connectivity index (χ1v) is 6.29. The van der Waals surface area contributed by atoms with Gasteiger partial charge in [0, 0.05) is 6.04 Å². The highest BCUT2D eigenvalue weighted by molar-refractivity contribution is 5.37. The quantitative estimate of drug-likeness (QED) is 0.889. The minimum Gasteiger partial charge on any atom is -0.375 e. The van der Waals surface area contributed by atoms with E-state index in [4.69, 9.17) is 10.00 Å². The van der Waals surface area contributed by atoms with Gasteiger partial charge >= 0.3 is 0 Å². The van der Waals surface area contributed by atoms with Crippen molar-refractivity contribution in [3.63, 3.8) is 0 Å². The summed E-state index contributed by atoms with van der Waals surface area (Å²) in [4.78, 5) is 0. The Bertz CT molecular complexity index is 436. The van der Waals surface area contributed by atoms with Crippen LogP contribution in [-0.4, -0.2) is 19.2 Å². The van der Waals surface area contributed by atoms with E-state index in [2.05, 4.69) is 5.32 Å². The van der Waals surface area contributed by atoms with Crippen LogP contribution in [0.1, 0.15) is 30.4 Å². The molecule has 4 heteroatoms. The van der Waals surface area contributed by atoms with E-state index in [0.717, 1.165) is 13.0 Å². The Labute approximate surface area is 107 Å². The van der Waals surface area contributed by atoms with Crippen LogP contribution in [0.5, 0.6) is 0 Å². The van der Waals surface area contributed by atoms with Gasteiger partial charge < -0.3 is 10.1 Å². The number of ether oxygens (including phenoxy) is 1. The molecule has 3 nitrogen and oxygen atoms in total. The lowest BCUT2D eigenvalue weighted by molar-refractivity contribution is 0.0908. The van der Waals surface area contributed by atoms with Crippen LogP contribution in [0.2, 0.25) is 0 Å². The molecule has 0 aliphatic carbocycles. The van der Waals surface area contributed by atoms with E-state index in [9.17, 15) is 4.39 Å². The highest BCUT2D eigenvalue weighted by Gasteiger charge is 2.12. The molecule has 1 unspecified atom stereocenters. The third kappa shape index (κ3) is 3.52. The minimum atomic E-state index is -0.330. The average Bonchev–Trinajstić information content (AvgIpc) is 2.40. The van der Waals surface area contributed by atoms with E-state index in [1.807, 2.05) is 6.07 Å². The second-order valence-corrected chi connectivity index (χ2v) is 4.58. The Kier molecular flexibility index (Phi) is 4.68. The number of nitrogens with zero attached hydrogens (tertiary/aromatic N) is 1. The van der Waals surface area contributed by atoms with Crippen molar-refractivity contribution in [1.29, 1.82) is 5.26 Å². The molecule has 0 radical (unpaired) electrons. The fourth-order valence-corrected chi connectivity index (χ4v) is 2.17. The molecule has 1 atom stereocenters. The Morgan fingerprint density at radius 1 is 1.44 bits per heavy atom. The van der Waals surface area contributed by atoms with Gasteiger partial charge in [-0.1, -0.05) is 6.42 Å². The zero-order valence-electron chi connectivity index (χ0n) is 10.3. The number of piperidine rings is 1. The Morgan fingerprint density at radius 2 is 2.33 bits per heavy atom. The summed E-state index contributed by atoms with van der Waals surface area (Å²) < 4.78 is 18.7. The molecule has 1 aromatic rings. The molecule has 96 valence electrons.